The fraction of sp³-hybridized carbons (Fsp3) is 0.765. The smallest absolute Gasteiger partial charge is 0.317 e. The van der Waals surface area contributed by atoms with Crippen LogP contribution >= 0.6 is 0 Å². The van der Waals surface area contributed by atoms with Gasteiger partial charge in [-0.1, -0.05) is 19.1 Å². The zero-order chi connectivity index (χ0) is 18.7. The van der Waals surface area contributed by atoms with E-state index in [1.165, 1.54) is 0 Å². The van der Waals surface area contributed by atoms with E-state index >= 15 is 0 Å². The molecule has 3 rings (SSSR count). The van der Waals surface area contributed by atoms with Gasteiger partial charge in [0.2, 0.25) is 0 Å². The molecule has 0 bridgehead atoms. The van der Waals surface area contributed by atoms with Gasteiger partial charge in [-0.15, -0.1) is 5.10 Å². The second-order valence-corrected chi connectivity index (χ2v) is 7.46. The number of hydrogen-bond acceptors (Lipinski definition) is 5. The van der Waals surface area contributed by atoms with Gasteiger partial charge in [0.1, 0.15) is 0 Å². The number of amides is 3. The van der Waals surface area contributed by atoms with E-state index in [0.29, 0.717) is 31.2 Å². The number of nitrogens with one attached hydrogen (secondary N) is 1. The Bertz CT molecular complexity index is 631. The number of rotatable bonds is 5. The summed E-state index contributed by atoms with van der Waals surface area (Å²) in [5.74, 6) is 0.582. The van der Waals surface area contributed by atoms with Crippen molar-refractivity contribution in [3.8, 4) is 0 Å². The third-order valence-electron chi connectivity index (χ3n) is 4.86. The number of nitrogens with zero attached hydrogens (tertiary/aromatic N) is 6. The van der Waals surface area contributed by atoms with E-state index in [1.54, 1.807) is 15.8 Å². The molecule has 0 radical (unpaired) electrons. The molecule has 0 unspecified atom stereocenters. The molecule has 2 fully saturated rings. The highest BCUT2D eigenvalue weighted by Gasteiger charge is 2.33. The predicted molar refractivity (Wildman–Crippen MR) is 96.9 cm³/mol. The SMILES string of the molecule is CCNC(=O)N1CC(n2cc(C(=O)N3CCN(CC(C)C)CC3)nn2)C1. The van der Waals surface area contributed by atoms with Crippen molar-refractivity contribution in [2.45, 2.75) is 26.8 Å². The molecule has 0 saturated carbocycles. The molecule has 0 aliphatic carbocycles. The minimum Gasteiger partial charge on any atom is -0.338 e. The standard InChI is InChI=1S/C17H29N7O2/c1-4-18-17(26)23-10-14(11-23)24-12-15(19-20-24)16(25)22-7-5-21(6-8-22)9-13(2)3/h12-14H,4-11H2,1-3H3,(H,18,26). The minimum absolute atomic E-state index is 0.0552. The van der Waals surface area contributed by atoms with Crippen LogP contribution in [0.5, 0.6) is 0 Å². The lowest BCUT2D eigenvalue weighted by molar-refractivity contribution is 0.0617. The normalized spacial score (nSPS) is 18.9. The first-order valence-electron chi connectivity index (χ1n) is 9.44. The minimum atomic E-state index is -0.0561. The molecule has 3 heterocycles. The van der Waals surface area contributed by atoms with Gasteiger partial charge in [-0.25, -0.2) is 9.48 Å². The fourth-order valence-corrected chi connectivity index (χ4v) is 3.42. The van der Waals surface area contributed by atoms with E-state index in [1.807, 2.05) is 11.8 Å². The summed E-state index contributed by atoms with van der Waals surface area (Å²) in [5, 5.41) is 10.9. The van der Waals surface area contributed by atoms with E-state index in [9.17, 15) is 9.59 Å². The third kappa shape index (κ3) is 4.14. The first kappa shape index (κ1) is 18.6. The molecule has 1 N–H and O–H groups in total. The summed E-state index contributed by atoms with van der Waals surface area (Å²) in [6, 6.07) is 0.0361. The largest absolute Gasteiger partial charge is 0.338 e. The highest BCUT2D eigenvalue weighted by atomic mass is 16.2. The molecular weight excluding hydrogens is 334 g/mol. The van der Waals surface area contributed by atoms with E-state index in [-0.39, 0.29) is 18.0 Å². The fourth-order valence-electron chi connectivity index (χ4n) is 3.42. The van der Waals surface area contributed by atoms with Crippen LogP contribution in [0.15, 0.2) is 6.20 Å². The lowest BCUT2D eigenvalue weighted by Crippen LogP contribution is -2.54. The highest BCUT2D eigenvalue weighted by molar-refractivity contribution is 5.92. The van der Waals surface area contributed by atoms with Crippen molar-refractivity contribution in [3.63, 3.8) is 0 Å². The summed E-state index contributed by atoms with van der Waals surface area (Å²) >= 11 is 0. The van der Waals surface area contributed by atoms with Crippen LogP contribution < -0.4 is 5.32 Å². The van der Waals surface area contributed by atoms with Crippen LogP contribution in [-0.2, 0) is 0 Å². The first-order chi connectivity index (χ1) is 12.5. The maximum Gasteiger partial charge on any atom is 0.317 e. The summed E-state index contributed by atoms with van der Waals surface area (Å²) in [6.45, 7) is 12.5. The van der Waals surface area contributed by atoms with Crippen molar-refractivity contribution < 1.29 is 9.59 Å². The maximum atomic E-state index is 12.6. The van der Waals surface area contributed by atoms with E-state index in [4.69, 9.17) is 0 Å². The Kier molecular flexibility index (Phi) is 5.75. The van der Waals surface area contributed by atoms with E-state index in [0.717, 1.165) is 32.7 Å². The Morgan fingerprint density at radius 3 is 2.50 bits per heavy atom. The van der Waals surface area contributed by atoms with Gasteiger partial charge in [0.25, 0.3) is 5.91 Å². The number of likely N-dealkylation sites (tertiary alicyclic amines) is 1. The average Bonchev–Trinajstić information content (AvgIpc) is 3.03. The molecule has 1 aromatic heterocycles. The maximum absolute atomic E-state index is 12.6. The molecule has 0 spiro atoms. The molecule has 3 amide bonds. The molecule has 1 aromatic rings. The van der Waals surface area contributed by atoms with Crippen LogP contribution in [0.25, 0.3) is 0 Å². The Balaban J connectivity index is 1.49. The van der Waals surface area contributed by atoms with Crippen molar-refractivity contribution >= 4 is 11.9 Å². The molecule has 9 heteroatoms. The van der Waals surface area contributed by atoms with Crippen LogP contribution in [0, 0.1) is 5.92 Å². The summed E-state index contributed by atoms with van der Waals surface area (Å²) in [6.07, 6.45) is 1.71. The van der Waals surface area contributed by atoms with Gasteiger partial charge in [-0.3, -0.25) is 9.69 Å². The van der Waals surface area contributed by atoms with Crippen molar-refractivity contribution in [3.05, 3.63) is 11.9 Å². The summed E-state index contributed by atoms with van der Waals surface area (Å²) in [7, 11) is 0. The van der Waals surface area contributed by atoms with Crippen LogP contribution in [0.1, 0.15) is 37.3 Å². The number of piperazine rings is 1. The first-order valence-corrected chi connectivity index (χ1v) is 9.44. The lowest BCUT2D eigenvalue weighted by Gasteiger charge is -2.38. The lowest BCUT2D eigenvalue weighted by atomic mass is 10.1. The van der Waals surface area contributed by atoms with Crippen molar-refractivity contribution in [2.75, 3.05) is 52.4 Å². The predicted octanol–water partition coefficient (Wildman–Crippen LogP) is 0.278. The van der Waals surface area contributed by atoms with Crippen molar-refractivity contribution in [1.29, 1.82) is 0 Å². The summed E-state index contributed by atoms with van der Waals surface area (Å²) in [5.41, 5.74) is 0.388. The molecule has 0 atom stereocenters. The van der Waals surface area contributed by atoms with Gasteiger partial charge >= 0.3 is 6.03 Å². The second-order valence-electron chi connectivity index (χ2n) is 7.46. The Morgan fingerprint density at radius 1 is 1.19 bits per heavy atom. The van der Waals surface area contributed by atoms with Crippen LogP contribution in [-0.4, -0.2) is 94.0 Å². The molecule has 144 valence electrons. The van der Waals surface area contributed by atoms with Crippen molar-refractivity contribution in [2.24, 2.45) is 5.92 Å². The number of urea groups is 1. The van der Waals surface area contributed by atoms with Crippen LogP contribution in [0.2, 0.25) is 0 Å². The van der Waals surface area contributed by atoms with Gasteiger partial charge < -0.3 is 15.1 Å². The zero-order valence-electron chi connectivity index (χ0n) is 15.9. The molecule has 2 saturated heterocycles. The van der Waals surface area contributed by atoms with Gasteiger partial charge in [-0.2, -0.15) is 0 Å². The Hall–Kier alpha value is -2.16. The monoisotopic (exact) mass is 363 g/mol. The summed E-state index contributed by atoms with van der Waals surface area (Å²) in [4.78, 5) is 30.3. The Labute approximate surface area is 154 Å². The number of carbonyl (C=O) groups excluding carboxylic acids is 2. The third-order valence-corrected chi connectivity index (χ3v) is 4.86. The van der Waals surface area contributed by atoms with Gasteiger partial charge in [0, 0.05) is 52.4 Å². The zero-order valence-corrected chi connectivity index (χ0v) is 15.9. The molecule has 9 nitrogen and oxygen atoms in total. The van der Waals surface area contributed by atoms with Gasteiger partial charge in [0.05, 0.1) is 12.2 Å². The molecule has 2 aliphatic rings. The van der Waals surface area contributed by atoms with Gasteiger partial charge in [0.15, 0.2) is 5.69 Å². The molecular formula is C17H29N7O2. The topological polar surface area (TPSA) is 86.6 Å². The van der Waals surface area contributed by atoms with E-state index < -0.39 is 0 Å². The highest BCUT2D eigenvalue weighted by Crippen LogP contribution is 2.20. The van der Waals surface area contributed by atoms with Crippen LogP contribution in [0.3, 0.4) is 0 Å². The second kappa shape index (κ2) is 8.03. The number of carbonyl (C=O) groups is 2. The van der Waals surface area contributed by atoms with Crippen molar-refractivity contribution in [1.82, 2.24) is 35.0 Å². The number of hydrogen-bond donors (Lipinski definition) is 1. The Morgan fingerprint density at radius 2 is 1.88 bits per heavy atom. The van der Waals surface area contributed by atoms with E-state index in [2.05, 4.69) is 34.4 Å². The van der Waals surface area contributed by atoms with Crippen LogP contribution in [0.4, 0.5) is 4.79 Å². The molecule has 0 aromatic carbocycles. The van der Waals surface area contributed by atoms with Gasteiger partial charge in [-0.05, 0) is 12.8 Å². The molecule has 26 heavy (non-hydrogen) atoms. The quantitative estimate of drug-likeness (QED) is 0.812. The number of aromatic nitrogens is 3. The average molecular weight is 363 g/mol. The molecule has 2 aliphatic heterocycles. The summed E-state index contributed by atoms with van der Waals surface area (Å²) < 4.78 is 1.71.